The summed E-state index contributed by atoms with van der Waals surface area (Å²) in [5, 5.41) is 8.95. The van der Waals surface area contributed by atoms with Crippen LogP contribution in [0.5, 0.6) is 0 Å². The second kappa shape index (κ2) is 13.7. The van der Waals surface area contributed by atoms with Crippen LogP contribution in [0.25, 0.3) is 0 Å². The molecule has 0 aliphatic heterocycles. The van der Waals surface area contributed by atoms with Crippen LogP contribution in [0.3, 0.4) is 0 Å². The van der Waals surface area contributed by atoms with Crippen molar-refractivity contribution in [1.29, 1.82) is 5.26 Å². The second-order valence-electron chi connectivity index (χ2n) is 10.7. The maximum Gasteiger partial charge on any atom is 0.0991 e. The fourth-order valence-electron chi connectivity index (χ4n) is 5.66. The standard InChI is InChI=1S/C31H45N/c1-3-5-26(6-4-7-27-20-22-31(24-32)23-21-27)12-13-29-16-18-30(19-17-29)15-14-28-10-8-25(2)9-11-28/h12-15,20-23,25-26,28-30H,3-11,16-19H2,1-2H3/b13-12+,15-14+. The molecule has 0 heterocycles. The number of hydrogen-bond acceptors (Lipinski definition) is 1. The van der Waals surface area contributed by atoms with E-state index in [0.717, 1.165) is 41.6 Å². The molecule has 0 aromatic heterocycles. The highest BCUT2D eigenvalue weighted by Gasteiger charge is 2.20. The molecule has 1 nitrogen and oxygen atoms in total. The Morgan fingerprint density at radius 1 is 0.844 bits per heavy atom. The summed E-state index contributed by atoms with van der Waals surface area (Å²) in [6.45, 7) is 4.72. The lowest BCUT2D eigenvalue weighted by atomic mass is 9.79. The lowest BCUT2D eigenvalue weighted by Gasteiger charge is -2.27. The van der Waals surface area contributed by atoms with Gasteiger partial charge in [0.25, 0.3) is 0 Å². The van der Waals surface area contributed by atoms with Crippen LogP contribution < -0.4 is 0 Å². The average molecular weight is 432 g/mol. The topological polar surface area (TPSA) is 23.8 Å². The number of rotatable bonds is 10. The van der Waals surface area contributed by atoms with Crippen molar-refractivity contribution in [3.63, 3.8) is 0 Å². The lowest BCUT2D eigenvalue weighted by molar-refractivity contribution is 0.325. The van der Waals surface area contributed by atoms with Gasteiger partial charge in [-0.2, -0.15) is 5.26 Å². The summed E-state index contributed by atoms with van der Waals surface area (Å²) in [4.78, 5) is 0. The van der Waals surface area contributed by atoms with Crippen molar-refractivity contribution < 1.29 is 0 Å². The van der Waals surface area contributed by atoms with Crippen molar-refractivity contribution in [3.05, 3.63) is 59.7 Å². The van der Waals surface area contributed by atoms with Gasteiger partial charge in [-0.15, -0.1) is 0 Å². The summed E-state index contributed by atoms with van der Waals surface area (Å²) in [6, 6.07) is 10.3. The SMILES string of the molecule is CCCC(/C=C/C1CCC(/C=C/C2CCC(C)CC2)CC1)CCCc1ccc(C#N)cc1. The van der Waals surface area contributed by atoms with Crippen LogP contribution in [0.4, 0.5) is 0 Å². The van der Waals surface area contributed by atoms with Crippen molar-refractivity contribution in [2.75, 3.05) is 0 Å². The number of hydrogen-bond donors (Lipinski definition) is 0. The predicted molar refractivity (Wildman–Crippen MR) is 137 cm³/mol. The molecule has 0 radical (unpaired) electrons. The van der Waals surface area contributed by atoms with Crippen molar-refractivity contribution in [2.45, 2.75) is 97.3 Å². The zero-order chi connectivity index (χ0) is 22.6. The first-order chi connectivity index (χ1) is 15.7. The van der Waals surface area contributed by atoms with Gasteiger partial charge in [0.2, 0.25) is 0 Å². The number of allylic oxidation sites excluding steroid dienone is 4. The molecule has 1 aromatic rings. The van der Waals surface area contributed by atoms with Crippen LogP contribution >= 0.6 is 0 Å². The van der Waals surface area contributed by atoms with Gasteiger partial charge >= 0.3 is 0 Å². The molecule has 1 atom stereocenters. The molecule has 0 saturated heterocycles. The molecule has 174 valence electrons. The molecule has 1 aromatic carbocycles. The first-order valence-electron chi connectivity index (χ1n) is 13.5. The minimum absolute atomic E-state index is 0.727. The Balaban J connectivity index is 1.37. The molecule has 32 heavy (non-hydrogen) atoms. The second-order valence-corrected chi connectivity index (χ2v) is 10.7. The van der Waals surface area contributed by atoms with Crippen molar-refractivity contribution in [2.24, 2.45) is 29.6 Å². The minimum Gasteiger partial charge on any atom is -0.192 e. The predicted octanol–water partition coefficient (Wildman–Crippen LogP) is 9.04. The molecule has 2 saturated carbocycles. The molecule has 0 amide bonds. The van der Waals surface area contributed by atoms with Crippen LogP contribution in [0.1, 0.15) is 102 Å². The maximum atomic E-state index is 8.95. The molecule has 0 bridgehead atoms. The molecular formula is C31H45N. The van der Waals surface area contributed by atoms with Gasteiger partial charge in [0, 0.05) is 0 Å². The van der Waals surface area contributed by atoms with Crippen molar-refractivity contribution in [1.82, 2.24) is 0 Å². The van der Waals surface area contributed by atoms with Crippen LogP contribution in [-0.2, 0) is 6.42 Å². The van der Waals surface area contributed by atoms with E-state index in [1.165, 1.54) is 82.6 Å². The van der Waals surface area contributed by atoms with E-state index in [-0.39, 0.29) is 0 Å². The van der Waals surface area contributed by atoms with E-state index in [1.807, 2.05) is 12.1 Å². The third-order valence-electron chi connectivity index (χ3n) is 7.97. The Morgan fingerprint density at radius 3 is 1.97 bits per heavy atom. The fourth-order valence-corrected chi connectivity index (χ4v) is 5.66. The van der Waals surface area contributed by atoms with E-state index in [0.29, 0.717) is 0 Å². The average Bonchev–Trinajstić information content (AvgIpc) is 2.83. The molecular weight excluding hydrogens is 386 g/mol. The zero-order valence-corrected chi connectivity index (χ0v) is 20.6. The van der Waals surface area contributed by atoms with Gasteiger partial charge < -0.3 is 0 Å². The summed E-state index contributed by atoms with van der Waals surface area (Å²) in [7, 11) is 0. The molecule has 2 aliphatic carbocycles. The molecule has 0 spiro atoms. The van der Waals surface area contributed by atoms with Gasteiger partial charge in [-0.25, -0.2) is 0 Å². The van der Waals surface area contributed by atoms with Gasteiger partial charge in [-0.1, -0.05) is 69.5 Å². The molecule has 2 aliphatic rings. The molecule has 1 unspecified atom stereocenters. The highest BCUT2D eigenvalue weighted by molar-refractivity contribution is 5.31. The normalized spacial score (nSPS) is 27.5. The maximum absolute atomic E-state index is 8.95. The molecule has 2 fully saturated rings. The Kier molecular flexibility index (Phi) is 10.6. The Bertz CT molecular complexity index is 734. The molecule has 0 N–H and O–H groups in total. The smallest absolute Gasteiger partial charge is 0.0991 e. The summed E-state index contributed by atoms with van der Waals surface area (Å²) >= 11 is 0. The molecule has 3 rings (SSSR count). The fraction of sp³-hybridized carbons (Fsp3) is 0.645. The largest absolute Gasteiger partial charge is 0.192 e. The third-order valence-corrected chi connectivity index (χ3v) is 7.97. The summed E-state index contributed by atoms with van der Waals surface area (Å²) < 4.78 is 0. The summed E-state index contributed by atoms with van der Waals surface area (Å²) in [6.07, 6.45) is 27.7. The van der Waals surface area contributed by atoms with E-state index in [2.05, 4.69) is 56.4 Å². The van der Waals surface area contributed by atoms with Crippen LogP contribution in [0.15, 0.2) is 48.6 Å². The summed E-state index contributed by atoms with van der Waals surface area (Å²) in [5.74, 6) is 4.17. The van der Waals surface area contributed by atoms with Crippen LogP contribution in [0, 0.1) is 40.9 Å². The van der Waals surface area contributed by atoms with E-state index in [4.69, 9.17) is 5.26 Å². The van der Waals surface area contributed by atoms with Crippen LogP contribution in [-0.4, -0.2) is 0 Å². The van der Waals surface area contributed by atoms with Gasteiger partial charge in [-0.3, -0.25) is 0 Å². The number of benzene rings is 1. The van der Waals surface area contributed by atoms with Crippen molar-refractivity contribution in [3.8, 4) is 6.07 Å². The first kappa shape index (κ1) is 24.8. The first-order valence-corrected chi connectivity index (χ1v) is 13.5. The monoisotopic (exact) mass is 431 g/mol. The highest BCUT2D eigenvalue weighted by Crippen LogP contribution is 2.33. The number of aryl methyl sites for hydroxylation is 1. The third kappa shape index (κ3) is 8.61. The lowest BCUT2D eigenvalue weighted by Crippen LogP contribution is -2.13. The Morgan fingerprint density at radius 2 is 1.41 bits per heavy atom. The zero-order valence-electron chi connectivity index (χ0n) is 20.6. The Labute approximate surface area is 198 Å². The van der Waals surface area contributed by atoms with E-state index < -0.39 is 0 Å². The van der Waals surface area contributed by atoms with E-state index in [1.54, 1.807) is 0 Å². The summed E-state index contributed by atoms with van der Waals surface area (Å²) in [5.41, 5.74) is 2.12. The van der Waals surface area contributed by atoms with Gasteiger partial charge in [-0.05, 0) is 111 Å². The van der Waals surface area contributed by atoms with Gasteiger partial charge in [0.15, 0.2) is 0 Å². The van der Waals surface area contributed by atoms with Crippen LogP contribution in [0.2, 0.25) is 0 Å². The Hall–Kier alpha value is -1.81. The minimum atomic E-state index is 0.727. The van der Waals surface area contributed by atoms with E-state index in [9.17, 15) is 0 Å². The van der Waals surface area contributed by atoms with Crippen molar-refractivity contribution >= 4 is 0 Å². The molecule has 1 heteroatoms. The number of nitrogens with zero attached hydrogens (tertiary/aromatic N) is 1. The van der Waals surface area contributed by atoms with E-state index >= 15 is 0 Å². The highest BCUT2D eigenvalue weighted by atomic mass is 14.3. The quantitative estimate of drug-likeness (QED) is 0.339. The number of nitriles is 1. The van der Waals surface area contributed by atoms with Gasteiger partial charge in [0.1, 0.15) is 0 Å². The van der Waals surface area contributed by atoms with Gasteiger partial charge in [0.05, 0.1) is 11.6 Å².